The second-order valence-electron chi connectivity index (χ2n) is 6.98. The molecule has 1 saturated heterocycles. The van der Waals surface area contributed by atoms with E-state index in [1.165, 1.54) is 4.68 Å². The van der Waals surface area contributed by atoms with E-state index in [1.807, 2.05) is 42.5 Å². The number of phenols is 1. The van der Waals surface area contributed by atoms with E-state index in [0.717, 1.165) is 49.8 Å². The topological polar surface area (TPSA) is 64.5 Å². The van der Waals surface area contributed by atoms with Crippen LogP contribution in [0.4, 0.5) is 5.69 Å². The molecule has 0 aliphatic carbocycles. The number of piperazine rings is 1. The molecule has 7 heteroatoms. The number of hydrogen-bond donors (Lipinski definition) is 2. The molecule has 1 aliphatic rings. The van der Waals surface area contributed by atoms with Gasteiger partial charge in [-0.05, 0) is 36.4 Å². The van der Waals surface area contributed by atoms with Crippen molar-refractivity contribution >= 4 is 17.3 Å². The van der Waals surface area contributed by atoms with Crippen LogP contribution in [0.2, 0.25) is 5.02 Å². The molecule has 28 heavy (non-hydrogen) atoms. The lowest BCUT2D eigenvalue weighted by atomic mass is 10.2. The Morgan fingerprint density at radius 3 is 2.29 bits per heavy atom. The van der Waals surface area contributed by atoms with Gasteiger partial charge in [-0.3, -0.25) is 14.8 Å². The highest BCUT2D eigenvalue weighted by Gasteiger charge is 2.19. The number of anilines is 1. The number of aromatic nitrogens is 2. The summed E-state index contributed by atoms with van der Waals surface area (Å²) in [4.78, 5) is 17.1. The van der Waals surface area contributed by atoms with Gasteiger partial charge in [0.15, 0.2) is 0 Å². The van der Waals surface area contributed by atoms with Gasteiger partial charge in [0.05, 0.1) is 11.4 Å². The summed E-state index contributed by atoms with van der Waals surface area (Å²) < 4.78 is 1.50. The molecular formula is C21H23ClN4O2. The number of nitrogens with zero attached hydrogens (tertiary/aromatic N) is 3. The van der Waals surface area contributed by atoms with Crippen molar-refractivity contribution in [1.82, 2.24) is 14.7 Å². The average molecular weight is 399 g/mol. The molecular weight excluding hydrogens is 376 g/mol. The SMILES string of the molecule is O=c1c(Cl)c(CCN2CCN(c3ccc(O)cc3)CC2)[nH]n1-c1ccccc1. The molecule has 0 atom stereocenters. The van der Waals surface area contributed by atoms with Gasteiger partial charge in [-0.15, -0.1) is 0 Å². The first-order valence-corrected chi connectivity index (χ1v) is 9.81. The second kappa shape index (κ2) is 8.12. The van der Waals surface area contributed by atoms with Crippen LogP contribution in [0.5, 0.6) is 5.75 Å². The predicted molar refractivity (Wildman–Crippen MR) is 112 cm³/mol. The molecule has 2 N–H and O–H groups in total. The Labute approximate surface area is 168 Å². The second-order valence-corrected chi connectivity index (χ2v) is 7.35. The molecule has 0 spiro atoms. The molecule has 4 rings (SSSR count). The van der Waals surface area contributed by atoms with Gasteiger partial charge in [0.25, 0.3) is 5.56 Å². The first kappa shape index (κ1) is 18.7. The Balaban J connectivity index is 1.36. The summed E-state index contributed by atoms with van der Waals surface area (Å²) >= 11 is 6.29. The molecule has 1 fully saturated rings. The molecule has 3 aromatic rings. The monoisotopic (exact) mass is 398 g/mol. The molecule has 2 heterocycles. The van der Waals surface area contributed by atoms with Crippen molar-refractivity contribution in [2.75, 3.05) is 37.6 Å². The maximum Gasteiger partial charge on any atom is 0.290 e. The van der Waals surface area contributed by atoms with Crippen LogP contribution < -0.4 is 10.5 Å². The highest BCUT2D eigenvalue weighted by molar-refractivity contribution is 6.31. The lowest BCUT2D eigenvalue weighted by molar-refractivity contribution is 0.260. The van der Waals surface area contributed by atoms with Crippen molar-refractivity contribution in [3.8, 4) is 11.4 Å². The zero-order valence-corrected chi connectivity index (χ0v) is 16.3. The number of rotatable bonds is 5. The lowest BCUT2D eigenvalue weighted by Gasteiger charge is -2.36. The van der Waals surface area contributed by atoms with E-state index in [2.05, 4.69) is 14.9 Å². The fraction of sp³-hybridized carbons (Fsp3) is 0.286. The smallest absolute Gasteiger partial charge is 0.290 e. The summed E-state index contributed by atoms with van der Waals surface area (Å²) in [5.41, 5.74) is 2.48. The van der Waals surface area contributed by atoms with E-state index in [4.69, 9.17) is 11.6 Å². The third-order valence-corrected chi connectivity index (χ3v) is 5.57. The maximum atomic E-state index is 12.4. The van der Waals surface area contributed by atoms with Gasteiger partial charge in [0.2, 0.25) is 0 Å². The van der Waals surface area contributed by atoms with Gasteiger partial charge in [0, 0.05) is 44.8 Å². The Morgan fingerprint density at radius 2 is 1.61 bits per heavy atom. The maximum absolute atomic E-state index is 12.4. The van der Waals surface area contributed by atoms with Crippen LogP contribution in [-0.4, -0.2) is 52.5 Å². The molecule has 0 amide bonds. The van der Waals surface area contributed by atoms with Crippen LogP contribution in [0.15, 0.2) is 59.4 Å². The minimum absolute atomic E-state index is 0.208. The predicted octanol–water partition coefficient (Wildman–Crippen LogP) is 2.89. The van der Waals surface area contributed by atoms with Gasteiger partial charge >= 0.3 is 0 Å². The number of benzene rings is 2. The molecule has 0 radical (unpaired) electrons. The van der Waals surface area contributed by atoms with Crippen molar-refractivity contribution in [3.05, 3.63) is 75.7 Å². The Kier molecular flexibility index (Phi) is 5.41. The first-order chi connectivity index (χ1) is 13.6. The zero-order chi connectivity index (χ0) is 19.5. The van der Waals surface area contributed by atoms with E-state index in [9.17, 15) is 9.90 Å². The summed E-state index contributed by atoms with van der Waals surface area (Å²) in [5.74, 6) is 0.288. The number of aromatic amines is 1. The third kappa shape index (κ3) is 3.93. The van der Waals surface area contributed by atoms with Crippen molar-refractivity contribution in [2.24, 2.45) is 0 Å². The van der Waals surface area contributed by atoms with E-state index in [-0.39, 0.29) is 16.3 Å². The first-order valence-electron chi connectivity index (χ1n) is 9.43. The number of phenolic OH excluding ortho intramolecular Hbond substituents is 1. The van der Waals surface area contributed by atoms with E-state index in [0.29, 0.717) is 6.42 Å². The molecule has 2 aromatic carbocycles. The van der Waals surface area contributed by atoms with E-state index < -0.39 is 0 Å². The van der Waals surface area contributed by atoms with Crippen molar-refractivity contribution < 1.29 is 5.11 Å². The van der Waals surface area contributed by atoms with Crippen LogP contribution >= 0.6 is 11.6 Å². The number of hydrogen-bond acceptors (Lipinski definition) is 4. The standard InChI is InChI=1S/C21H23ClN4O2/c22-20-19(23-26(21(20)28)17-4-2-1-3-5-17)10-11-24-12-14-25(15-13-24)16-6-8-18(27)9-7-16/h1-9,23,27H,10-15H2. The molecule has 0 unspecified atom stereocenters. The number of halogens is 1. The molecule has 1 aliphatic heterocycles. The molecule has 0 bridgehead atoms. The Morgan fingerprint density at radius 1 is 0.929 bits per heavy atom. The Hall–Kier alpha value is -2.70. The van der Waals surface area contributed by atoms with Gasteiger partial charge in [0.1, 0.15) is 10.8 Å². The summed E-state index contributed by atoms with van der Waals surface area (Å²) in [5, 5.41) is 12.9. The summed E-state index contributed by atoms with van der Waals surface area (Å²) in [6.07, 6.45) is 0.702. The highest BCUT2D eigenvalue weighted by atomic mass is 35.5. The minimum Gasteiger partial charge on any atom is -0.508 e. The fourth-order valence-electron chi connectivity index (χ4n) is 3.55. The number of nitrogens with one attached hydrogen (secondary N) is 1. The van der Waals surface area contributed by atoms with E-state index in [1.54, 1.807) is 12.1 Å². The van der Waals surface area contributed by atoms with Gasteiger partial charge < -0.3 is 10.0 Å². The summed E-state index contributed by atoms with van der Waals surface area (Å²) in [6, 6.07) is 16.8. The average Bonchev–Trinajstić information content (AvgIpc) is 3.02. The molecule has 1 aromatic heterocycles. The van der Waals surface area contributed by atoms with Crippen molar-refractivity contribution in [3.63, 3.8) is 0 Å². The van der Waals surface area contributed by atoms with Crippen molar-refractivity contribution in [1.29, 1.82) is 0 Å². The number of H-pyrrole nitrogens is 1. The van der Waals surface area contributed by atoms with Crippen molar-refractivity contribution in [2.45, 2.75) is 6.42 Å². The molecule has 0 saturated carbocycles. The fourth-order valence-corrected chi connectivity index (χ4v) is 3.77. The van der Waals surface area contributed by atoms with Crippen LogP contribution in [0.1, 0.15) is 5.69 Å². The van der Waals surface area contributed by atoms with Gasteiger partial charge in [-0.1, -0.05) is 29.8 Å². The number of aromatic hydroxyl groups is 1. The Bertz CT molecular complexity index is 974. The normalized spacial score (nSPS) is 15.1. The van der Waals surface area contributed by atoms with E-state index >= 15 is 0 Å². The summed E-state index contributed by atoms with van der Waals surface area (Å²) in [7, 11) is 0. The van der Waals surface area contributed by atoms with Crippen LogP contribution in [0, 0.1) is 0 Å². The quantitative estimate of drug-likeness (QED) is 0.693. The van der Waals surface area contributed by atoms with Crippen LogP contribution in [-0.2, 0) is 6.42 Å². The minimum atomic E-state index is -0.208. The van der Waals surface area contributed by atoms with Crippen LogP contribution in [0.25, 0.3) is 5.69 Å². The summed E-state index contributed by atoms with van der Waals surface area (Å²) in [6.45, 7) is 4.60. The lowest BCUT2D eigenvalue weighted by Crippen LogP contribution is -2.47. The molecule has 6 nitrogen and oxygen atoms in total. The molecule has 146 valence electrons. The third-order valence-electron chi connectivity index (χ3n) is 5.18. The zero-order valence-electron chi connectivity index (χ0n) is 15.5. The van der Waals surface area contributed by atoms with Crippen LogP contribution in [0.3, 0.4) is 0 Å². The van der Waals surface area contributed by atoms with Gasteiger partial charge in [-0.25, -0.2) is 4.68 Å². The van der Waals surface area contributed by atoms with Gasteiger partial charge in [-0.2, -0.15) is 0 Å². The largest absolute Gasteiger partial charge is 0.508 e. The number of para-hydroxylation sites is 1. The highest BCUT2D eigenvalue weighted by Crippen LogP contribution is 2.20.